The average Bonchev–Trinajstić information content (AvgIpc) is 3.17. The maximum Gasteiger partial charge on any atom is 0.228 e. The highest BCUT2D eigenvalue weighted by Crippen LogP contribution is 2.20. The van der Waals surface area contributed by atoms with Crippen molar-refractivity contribution in [3.05, 3.63) is 96.3 Å². The van der Waals surface area contributed by atoms with Gasteiger partial charge >= 0.3 is 0 Å². The Morgan fingerprint density at radius 2 is 1.73 bits per heavy atom. The van der Waals surface area contributed by atoms with E-state index in [1.807, 2.05) is 79.4 Å². The zero-order valence-electron chi connectivity index (χ0n) is 19.0. The van der Waals surface area contributed by atoms with Crippen LogP contribution in [0.15, 0.2) is 84.7 Å². The van der Waals surface area contributed by atoms with Crippen LogP contribution in [-0.2, 0) is 28.7 Å². The largest absolute Gasteiger partial charge is 0.360 e. The molecular formula is C25H30N4O2S2. The molecule has 0 bridgehead atoms. The lowest BCUT2D eigenvalue weighted by Crippen LogP contribution is -2.42. The lowest BCUT2D eigenvalue weighted by atomic mass is 10.2. The van der Waals surface area contributed by atoms with E-state index in [1.165, 1.54) is 0 Å². The van der Waals surface area contributed by atoms with E-state index in [0.29, 0.717) is 24.7 Å². The van der Waals surface area contributed by atoms with Crippen molar-refractivity contribution in [3.63, 3.8) is 0 Å². The fourth-order valence-corrected chi connectivity index (χ4v) is 5.33. The van der Waals surface area contributed by atoms with Crippen LogP contribution in [0, 0.1) is 0 Å². The fraction of sp³-hybridized carbons (Fsp3) is 0.280. The van der Waals surface area contributed by atoms with Gasteiger partial charge < -0.3 is 14.8 Å². The van der Waals surface area contributed by atoms with Crippen molar-refractivity contribution in [1.29, 1.82) is 0 Å². The van der Waals surface area contributed by atoms with Crippen LogP contribution in [-0.4, -0.2) is 40.6 Å². The summed E-state index contributed by atoms with van der Waals surface area (Å²) in [5.41, 5.74) is 2.48. The number of thiocarbonyl (C=S) groups is 1. The SMILES string of the molecule is C=CCN(Cc1cnc(S(=O)(=O)Cc2ccccc2)n1Cc1ccccc1)C(=S)NC(C)C. The van der Waals surface area contributed by atoms with E-state index in [-0.39, 0.29) is 17.0 Å². The molecule has 0 aliphatic heterocycles. The number of sulfone groups is 1. The van der Waals surface area contributed by atoms with Crippen molar-refractivity contribution in [2.24, 2.45) is 0 Å². The predicted molar refractivity (Wildman–Crippen MR) is 137 cm³/mol. The summed E-state index contributed by atoms with van der Waals surface area (Å²) < 4.78 is 28.5. The van der Waals surface area contributed by atoms with E-state index in [9.17, 15) is 8.42 Å². The molecule has 0 atom stereocenters. The van der Waals surface area contributed by atoms with Gasteiger partial charge in [-0.2, -0.15) is 0 Å². The average molecular weight is 483 g/mol. The van der Waals surface area contributed by atoms with Crippen molar-refractivity contribution < 1.29 is 8.42 Å². The Balaban J connectivity index is 1.98. The van der Waals surface area contributed by atoms with Gasteiger partial charge in [0, 0.05) is 12.6 Å². The molecule has 0 saturated carbocycles. The Labute approximate surface area is 201 Å². The Kier molecular flexibility index (Phi) is 8.41. The van der Waals surface area contributed by atoms with Crippen molar-refractivity contribution >= 4 is 27.2 Å². The third kappa shape index (κ3) is 6.76. The number of nitrogens with one attached hydrogen (secondary N) is 1. The molecule has 0 fully saturated rings. The summed E-state index contributed by atoms with van der Waals surface area (Å²) in [6.07, 6.45) is 3.41. The van der Waals surface area contributed by atoms with Crippen molar-refractivity contribution in [2.75, 3.05) is 6.54 Å². The lowest BCUT2D eigenvalue weighted by Gasteiger charge is -2.26. The standard InChI is InChI=1S/C25H30N4O2S2/c1-4-15-28(24(32)27-20(2)3)18-23-16-26-25(29(23)17-21-11-7-5-8-12-21)33(30,31)19-22-13-9-6-10-14-22/h4-14,16,20H,1,15,17-19H2,2-3H3,(H,27,32). The number of benzene rings is 2. The first-order valence-corrected chi connectivity index (χ1v) is 12.9. The van der Waals surface area contributed by atoms with E-state index in [2.05, 4.69) is 16.9 Å². The molecule has 0 aliphatic carbocycles. The quantitative estimate of drug-likeness (QED) is 0.346. The first-order chi connectivity index (χ1) is 15.8. The molecule has 0 aliphatic rings. The molecule has 0 amide bonds. The summed E-state index contributed by atoms with van der Waals surface area (Å²) in [5.74, 6) is -0.108. The van der Waals surface area contributed by atoms with Crippen LogP contribution in [0.4, 0.5) is 0 Å². The second kappa shape index (κ2) is 11.2. The van der Waals surface area contributed by atoms with Gasteiger partial charge in [-0.05, 0) is 37.2 Å². The van der Waals surface area contributed by atoms with Crippen molar-refractivity contribution in [3.8, 4) is 0 Å². The summed E-state index contributed by atoms with van der Waals surface area (Å²) in [5, 5.41) is 3.90. The van der Waals surface area contributed by atoms with E-state index in [1.54, 1.807) is 16.8 Å². The van der Waals surface area contributed by atoms with Gasteiger partial charge in [-0.1, -0.05) is 66.7 Å². The molecule has 0 radical (unpaired) electrons. The molecule has 6 nitrogen and oxygen atoms in total. The van der Waals surface area contributed by atoms with Gasteiger partial charge in [0.1, 0.15) is 0 Å². The third-order valence-electron chi connectivity index (χ3n) is 4.96. The summed E-state index contributed by atoms with van der Waals surface area (Å²) in [4.78, 5) is 6.33. The van der Waals surface area contributed by atoms with Crippen LogP contribution < -0.4 is 5.32 Å². The molecule has 3 aromatic rings. The molecule has 0 spiro atoms. The zero-order valence-corrected chi connectivity index (χ0v) is 20.6. The van der Waals surface area contributed by atoms with Gasteiger partial charge in [0.25, 0.3) is 0 Å². The van der Waals surface area contributed by atoms with Gasteiger partial charge in [0.05, 0.1) is 30.7 Å². The van der Waals surface area contributed by atoms with Gasteiger partial charge in [0.2, 0.25) is 15.0 Å². The highest BCUT2D eigenvalue weighted by molar-refractivity contribution is 7.90. The van der Waals surface area contributed by atoms with Crippen molar-refractivity contribution in [2.45, 2.75) is 43.9 Å². The maximum atomic E-state index is 13.4. The van der Waals surface area contributed by atoms with Gasteiger partial charge in [0.15, 0.2) is 5.11 Å². The number of nitrogens with zero attached hydrogens (tertiary/aromatic N) is 3. The van der Waals surface area contributed by atoms with Gasteiger partial charge in [-0.25, -0.2) is 13.4 Å². The van der Waals surface area contributed by atoms with E-state index < -0.39 is 9.84 Å². The normalized spacial score (nSPS) is 11.4. The third-order valence-corrected chi connectivity index (χ3v) is 6.94. The molecule has 1 aromatic heterocycles. The topological polar surface area (TPSA) is 67.2 Å². The minimum atomic E-state index is -3.67. The summed E-state index contributed by atoms with van der Waals surface area (Å²) in [6.45, 7) is 9.21. The molecule has 1 N–H and O–H groups in total. The van der Waals surface area contributed by atoms with E-state index in [4.69, 9.17) is 12.2 Å². The zero-order chi connectivity index (χ0) is 23.8. The predicted octanol–water partition coefficient (Wildman–Crippen LogP) is 4.18. The van der Waals surface area contributed by atoms with Crippen molar-refractivity contribution in [1.82, 2.24) is 19.8 Å². The second-order valence-corrected chi connectivity index (χ2v) is 10.4. The van der Waals surface area contributed by atoms with Crippen LogP contribution in [0.5, 0.6) is 0 Å². The Morgan fingerprint density at radius 1 is 1.12 bits per heavy atom. The summed E-state index contributed by atoms with van der Waals surface area (Å²) in [7, 11) is -3.67. The molecule has 1 heterocycles. The summed E-state index contributed by atoms with van der Waals surface area (Å²) >= 11 is 5.58. The first-order valence-electron chi connectivity index (χ1n) is 10.8. The number of rotatable bonds is 10. The Hall–Kier alpha value is -2.97. The lowest BCUT2D eigenvalue weighted by molar-refractivity contribution is 0.422. The minimum absolute atomic E-state index is 0.0616. The highest BCUT2D eigenvalue weighted by atomic mass is 32.2. The number of hydrogen-bond acceptors (Lipinski definition) is 4. The maximum absolute atomic E-state index is 13.4. The van der Waals surface area contributed by atoms with Crippen LogP contribution in [0.3, 0.4) is 0 Å². The van der Waals surface area contributed by atoms with Gasteiger partial charge in [-0.15, -0.1) is 6.58 Å². The van der Waals surface area contributed by atoms with Crippen LogP contribution in [0.25, 0.3) is 0 Å². The molecule has 33 heavy (non-hydrogen) atoms. The highest BCUT2D eigenvalue weighted by Gasteiger charge is 2.25. The fourth-order valence-electron chi connectivity index (χ4n) is 3.47. The minimum Gasteiger partial charge on any atom is -0.360 e. The molecule has 2 aromatic carbocycles. The first kappa shape index (κ1) is 24.7. The van der Waals surface area contributed by atoms with Crippen LogP contribution >= 0.6 is 12.2 Å². The Morgan fingerprint density at radius 3 is 2.30 bits per heavy atom. The van der Waals surface area contributed by atoms with E-state index in [0.717, 1.165) is 16.8 Å². The number of imidazole rings is 1. The molecule has 174 valence electrons. The van der Waals surface area contributed by atoms with Crippen LogP contribution in [0.2, 0.25) is 0 Å². The van der Waals surface area contributed by atoms with Gasteiger partial charge in [-0.3, -0.25) is 0 Å². The number of aromatic nitrogens is 2. The monoisotopic (exact) mass is 482 g/mol. The molecular weight excluding hydrogens is 452 g/mol. The smallest absolute Gasteiger partial charge is 0.228 e. The molecule has 3 rings (SSSR count). The molecule has 0 unspecified atom stereocenters. The molecule has 8 heteroatoms. The van der Waals surface area contributed by atoms with E-state index >= 15 is 0 Å². The summed E-state index contributed by atoms with van der Waals surface area (Å²) in [6, 6.07) is 19.1. The second-order valence-electron chi connectivity index (χ2n) is 8.12. The molecule has 0 saturated heterocycles. The Bertz CT molecular complexity index is 1170. The number of hydrogen-bond donors (Lipinski definition) is 1. The van der Waals surface area contributed by atoms with Crippen LogP contribution in [0.1, 0.15) is 30.7 Å².